The van der Waals surface area contributed by atoms with E-state index in [4.69, 9.17) is 0 Å². The Bertz CT molecular complexity index is 755. The molecule has 0 bridgehead atoms. The summed E-state index contributed by atoms with van der Waals surface area (Å²) in [5.41, 5.74) is 4.10. The van der Waals surface area contributed by atoms with E-state index < -0.39 is 0 Å². The summed E-state index contributed by atoms with van der Waals surface area (Å²) in [6.07, 6.45) is 5.69. The summed E-state index contributed by atoms with van der Waals surface area (Å²) < 4.78 is 0. The topological polar surface area (TPSA) is 42.0 Å². The molecule has 1 heterocycles. The Balaban J connectivity index is 1.49. The Morgan fingerprint density at radius 1 is 1.27 bits per heavy atom. The number of amides is 1. The van der Waals surface area contributed by atoms with Crippen molar-refractivity contribution in [3.05, 3.63) is 46.0 Å². The average Bonchev–Trinajstić information content (AvgIpc) is 2.97. The molecule has 1 atom stereocenters. The van der Waals surface area contributed by atoms with Crippen molar-refractivity contribution in [1.82, 2.24) is 4.98 Å². The lowest BCUT2D eigenvalue weighted by Gasteiger charge is -2.33. The van der Waals surface area contributed by atoms with E-state index in [1.165, 1.54) is 28.1 Å². The van der Waals surface area contributed by atoms with Crippen molar-refractivity contribution in [3.8, 4) is 0 Å². The fraction of sp³-hybridized carbons (Fsp3) is 0.545. The first-order chi connectivity index (χ1) is 12.3. The Labute approximate surface area is 161 Å². The first-order valence-electron chi connectivity index (χ1n) is 9.65. The molecule has 1 aromatic heterocycles. The van der Waals surface area contributed by atoms with Gasteiger partial charge in [0, 0.05) is 11.3 Å². The van der Waals surface area contributed by atoms with Gasteiger partial charge in [0.05, 0.1) is 5.69 Å². The van der Waals surface area contributed by atoms with Gasteiger partial charge in [-0.05, 0) is 55.9 Å². The van der Waals surface area contributed by atoms with E-state index >= 15 is 0 Å². The van der Waals surface area contributed by atoms with E-state index in [0.29, 0.717) is 17.8 Å². The minimum atomic E-state index is 0.0792. The molecule has 1 unspecified atom stereocenters. The van der Waals surface area contributed by atoms with Crippen LogP contribution in [0.25, 0.3) is 0 Å². The Morgan fingerprint density at radius 2 is 2.00 bits per heavy atom. The van der Waals surface area contributed by atoms with Crippen LogP contribution in [-0.4, -0.2) is 10.9 Å². The third-order valence-electron chi connectivity index (χ3n) is 5.40. The fourth-order valence-corrected chi connectivity index (χ4v) is 4.66. The summed E-state index contributed by atoms with van der Waals surface area (Å²) in [5, 5.41) is 3.80. The van der Waals surface area contributed by atoms with E-state index in [2.05, 4.69) is 62.3 Å². The number of aromatic nitrogens is 1. The van der Waals surface area contributed by atoms with Crippen molar-refractivity contribution in [2.45, 2.75) is 66.2 Å². The van der Waals surface area contributed by atoms with Crippen molar-refractivity contribution < 1.29 is 4.79 Å². The molecule has 3 nitrogen and oxygen atoms in total. The minimum Gasteiger partial charge on any atom is -0.302 e. The van der Waals surface area contributed by atoms with Gasteiger partial charge in [-0.15, -0.1) is 11.3 Å². The highest BCUT2D eigenvalue weighted by Crippen LogP contribution is 2.40. The lowest BCUT2D eigenvalue weighted by Crippen LogP contribution is -2.26. The number of rotatable bonds is 5. The van der Waals surface area contributed by atoms with Crippen LogP contribution in [-0.2, 0) is 24.1 Å². The highest BCUT2D eigenvalue weighted by Gasteiger charge is 2.30. The summed E-state index contributed by atoms with van der Waals surface area (Å²) in [5.74, 6) is 0.782. The van der Waals surface area contributed by atoms with Gasteiger partial charge in [0.2, 0.25) is 5.91 Å². The Kier molecular flexibility index (Phi) is 5.81. The number of hydrogen-bond acceptors (Lipinski definition) is 3. The van der Waals surface area contributed by atoms with Crippen LogP contribution in [0.5, 0.6) is 0 Å². The monoisotopic (exact) mass is 370 g/mol. The van der Waals surface area contributed by atoms with Crippen molar-refractivity contribution >= 4 is 22.4 Å². The Morgan fingerprint density at radius 3 is 2.69 bits per heavy atom. The number of aryl methyl sites for hydroxylation is 3. The molecule has 1 aromatic carbocycles. The number of nitrogens with zero attached hydrogens (tertiary/aromatic N) is 1. The molecule has 0 saturated carbocycles. The largest absolute Gasteiger partial charge is 0.302 e. The predicted molar refractivity (Wildman–Crippen MR) is 110 cm³/mol. The van der Waals surface area contributed by atoms with Crippen LogP contribution in [0.4, 0.5) is 5.13 Å². The smallest absolute Gasteiger partial charge is 0.226 e. The summed E-state index contributed by atoms with van der Waals surface area (Å²) in [6, 6.07) is 8.54. The molecule has 1 aliphatic carbocycles. The summed E-state index contributed by atoms with van der Waals surface area (Å²) in [6.45, 7) is 9.05. The maximum Gasteiger partial charge on any atom is 0.226 e. The second-order valence-electron chi connectivity index (χ2n) is 8.58. The second kappa shape index (κ2) is 7.91. The van der Waals surface area contributed by atoms with E-state index in [0.717, 1.165) is 30.8 Å². The maximum absolute atomic E-state index is 12.2. The molecule has 0 spiro atoms. The molecule has 0 saturated heterocycles. The number of carbonyl (C=O) groups excluding carboxylic acids is 1. The first kappa shape index (κ1) is 19.1. The molecule has 140 valence electrons. The summed E-state index contributed by atoms with van der Waals surface area (Å²) in [7, 11) is 0. The lowest BCUT2D eigenvalue weighted by atomic mass is 9.73. The highest BCUT2D eigenvalue weighted by atomic mass is 32.1. The number of thiazole rings is 1. The zero-order valence-electron chi connectivity index (χ0n) is 16.4. The maximum atomic E-state index is 12.2. The standard InChI is InChI=1S/C22H30N2OS/c1-15-8-10-16(11-9-15)6-5-7-20(25)24-21-23-18-13-12-17(22(2,3)4)14-19(18)26-21/h8-11,17H,5-7,12-14H2,1-4H3,(H,23,24,25). The van der Waals surface area contributed by atoms with E-state index in [9.17, 15) is 4.79 Å². The molecule has 0 fully saturated rings. The van der Waals surface area contributed by atoms with Crippen LogP contribution in [0.3, 0.4) is 0 Å². The number of hydrogen-bond donors (Lipinski definition) is 1. The van der Waals surface area contributed by atoms with Gasteiger partial charge in [0.1, 0.15) is 0 Å². The van der Waals surface area contributed by atoms with Crippen molar-refractivity contribution in [2.75, 3.05) is 5.32 Å². The van der Waals surface area contributed by atoms with Crippen molar-refractivity contribution in [3.63, 3.8) is 0 Å². The highest BCUT2D eigenvalue weighted by molar-refractivity contribution is 7.15. The van der Waals surface area contributed by atoms with Crippen LogP contribution in [0.15, 0.2) is 24.3 Å². The third-order valence-corrected chi connectivity index (χ3v) is 6.44. The number of benzene rings is 1. The zero-order chi connectivity index (χ0) is 18.7. The molecule has 1 N–H and O–H groups in total. The third kappa shape index (κ3) is 4.94. The van der Waals surface area contributed by atoms with Crippen LogP contribution >= 0.6 is 11.3 Å². The van der Waals surface area contributed by atoms with Crippen LogP contribution in [0, 0.1) is 18.3 Å². The van der Waals surface area contributed by atoms with Crippen molar-refractivity contribution in [1.29, 1.82) is 0 Å². The molecule has 0 radical (unpaired) electrons. The Hall–Kier alpha value is -1.68. The number of carbonyl (C=O) groups is 1. The number of anilines is 1. The van der Waals surface area contributed by atoms with Gasteiger partial charge in [-0.25, -0.2) is 4.98 Å². The summed E-state index contributed by atoms with van der Waals surface area (Å²) >= 11 is 1.67. The van der Waals surface area contributed by atoms with Gasteiger partial charge < -0.3 is 5.32 Å². The molecule has 1 aliphatic rings. The SMILES string of the molecule is Cc1ccc(CCCC(=O)Nc2nc3c(s2)CC(C(C)(C)C)CC3)cc1. The summed E-state index contributed by atoms with van der Waals surface area (Å²) in [4.78, 5) is 18.3. The van der Waals surface area contributed by atoms with Crippen LogP contribution < -0.4 is 5.32 Å². The molecule has 1 amide bonds. The van der Waals surface area contributed by atoms with Gasteiger partial charge in [-0.3, -0.25) is 4.79 Å². The minimum absolute atomic E-state index is 0.0792. The molecular formula is C22H30N2OS. The van der Waals surface area contributed by atoms with E-state index in [1.807, 2.05) is 0 Å². The van der Waals surface area contributed by atoms with Gasteiger partial charge in [-0.2, -0.15) is 0 Å². The first-order valence-corrected chi connectivity index (χ1v) is 10.5. The van der Waals surface area contributed by atoms with Gasteiger partial charge in [-0.1, -0.05) is 50.6 Å². The van der Waals surface area contributed by atoms with E-state index in [-0.39, 0.29) is 5.91 Å². The quantitative estimate of drug-likeness (QED) is 0.748. The molecule has 2 aromatic rings. The number of nitrogens with one attached hydrogen (secondary N) is 1. The molecule has 3 rings (SSSR count). The number of fused-ring (bicyclic) bond motifs is 1. The van der Waals surface area contributed by atoms with Crippen LogP contribution in [0.1, 0.15) is 61.7 Å². The average molecular weight is 371 g/mol. The molecule has 26 heavy (non-hydrogen) atoms. The van der Waals surface area contributed by atoms with Gasteiger partial charge >= 0.3 is 0 Å². The second-order valence-corrected chi connectivity index (χ2v) is 9.67. The molecule has 0 aliphatic heterocycles. The normalized spacial score (nSPS) is 17.0. The molecular weight excluding hydrogens is 340 g/mol. The van der Waals surface area contributed by atoms with Gasteiger partial charge in [0.15, 0.2) is 5.13 Å². The van der Waals surface area contributed by atoms with Crippen LogP contribution in [0.2, 0.25) is 0 Å². The van der Waals surface area contributed by atoms with Gasteiger partial charge in [0.25, 0.3) is 0 Å². The van der Waals surface area contributed by atoms with E-state index in [1.54, 1.807) is 11.3 Å². The van der Waals surface area contributed by atoms with Crippen molar-refractivity contribution in [2.24, 2.45) is 11.3 Å². The zero-order valence-corrected chi connectivity index (χ0v) is 17.2. The lowest BCUT2D eigenvalue weighted by molar-refractivity contribution is -0.116. The molecule has 4 heteroatoms. The fourth-order valence-electron chi connectivity index (χ4n) is 3.56. The predicted octanol–water partition coefficient (Wildman–Crippen LogP) is 5.56.